The number of carbonyl (C=O) groups excluding carboxylic acids is 1. The van der Waals surface area contributed by atoms with Crippen molar-refractivity contribution in [2.24, 2.45) is 0 Å². The van der Waals surface area contributed by atoms with E-state index in [1.807, 2.05) is 13.0 Å². The lowest BCUT2D eigenvalue weighted by Crippen LogP contribution is -2.07. The molecular weight excluding hydrogens is 347 g/mol. The van der Waals surface area contributed by atoms with Crippen LogP contribution in [0.15, 0.2) is 48.5 Å². The number of amides is 1. The first kappa shape index (κ1) is 18.0. The number of aromatic nitrogens is 1. The molecule has 0 saturated carbocycles. The van der Waals surface area contributed by atoms with Gasteiger partial charge >= 0.3 is 0 Å². The molecule has 3 aromatic rings. The maximum Gasteiger partial charge on any atom is 0.250 e. The van der Waals surface area contributed by atoms with Gasteiger partial charge in [0, 0.05) is 16.5 Å². The Labute approximate surface area is 156 Å². The van der Waals surface area contributed by atoms with Crippen molar-refractivity contribution in [2.45, 2.75) is 20.8 Å². The summed E-state index contributed by atoms with van der Waals surface area (Å²) in [6.07, 6.45) is 3.05. The highest BCUT2D eigenvalue weighted by Gasteiger charge is 2.11. The fraction of sp³-hybridized carbons (Fsp3) is 0.143. The summed E-state index contributed by atoms with van der Waals surface area (Å²) in [6, 6.07) is 12.2. The van der Waals surface area contributed by atoms with Gasteiger partial charge in [-0.15, -0.1) is 11.3 Å². The molecule has 132 valence electrons. The molecule has 0 aliphatic carbocycles. The average molecular weight is 366 g/mol. The highest BCUT2D eigenvalue weighted by atomic mass is 32.1. The quantitative estimate of drug-likeness (QED) is 0.617. The summed E-state index contributed by atoms with van der Waals surface area (Å²) in [4.78, 5) is 17.7. The molecule has 0 saturated heterocycles. The van der Waals surface area contributed by atoms with E-state index in [2.05, 4.69) is 36.3 Å². The van der Waals surface area contributed by atoms with Crippen molar-refractivity contribution in [1.82, 2.24) is 4.98 Å². The smallest absolute Gasteiger partial charge is 0.250 e. The Kier molecular flexibility index (Phi) is 5.28. The Hall–Kier alpha value is -2.79. The van der Waals surface area contributed by atoms with Crippen LogP contribution in [-0.2, 0) is 4.79 Å². The van der Waals surface area contributed by atoms with Crippen molar-refractivity contribution in [1.29, 1.82) is 0 Å². The number of aryl methyl sites for hydroxylation is 3. The number of anilines is 1. The molecule has 0 aliphatic rings. The minimum absolute atomic E-state index is 0.269. The molecule has 0 radical (unpaired) electrons. The summed E-state index contributed by atoms with van der Waals surface area (Å²) in [5.74, 6) is -0.571. The van der Waals surface area contributed by atoms with Crippen molar-refractivity contribution in [3.05, 3.63) is 75.9 Å². The maximum atomic E-state index is 12.9. The van der Waals surface area contributed by atoms with Gasteiger partial charge in [-0.3, -0.25) is 10.1 Å². The topological polar surface area (TPSA) is 42.0 Å². The fourth-order valence-corrected chi connectivity index (χ4v) is 3.34. The van der Waals surface area contributed by atoms with Gasteiger partial charge in [0.05, 0.1) is 5.69 Å². The van der Waals surface area contributed by atoms with Gasteiger partial charge in [0.2, 0.25) is 5.91 Å². The zero-order chi connectivity index (χ0) is 18.7. The molecule has 3 rings (SSSR count). The van der Waals surface area contributed by atoms with E-state index < -0.39 is 0 Å². The number of thiazole rings is 1. The van der Waals surface area contributed by atoms with E-state index in [0.29, 0.717) is 5.13 Å². The van der Waals surface area contributed by atoms with Crippen LogP contribution >= 0.6 is 11.3 Å². The van der Waals surface area contributed by atoms with Gasteiger partial charge in [-0.25, -0.2) is 9.37 Å². The Bertz CT molecular complexity index is 974. The number of rotatable bonds is 4. The standard InChI is InChI=1S/C21H19FN2OS/c1-13-4-8-17(12-14(13)2)20-15(3)26-21(24-20)23-19(25)11-7-16-5-9-18(22)10-6-16/h4-12H,1-3H3,(H,23,24,25)/b11-7+. The number of halogens is 1. The number of carbonyl (C=O) groups is 1. The SMILES string of the molecule is Cc1ccc(-c2nc(NC(=O)/C=C/c3ccc(F)cc3)sc2C)cc1C. The third-order valence-corrected chi connectivity index (χ3v) is 4.99. The van der Waals surface area contributed by atoms with Crippen LogP contribution in [0.3, 0.4) is 0 Å². The predicted octanol–water partition coefficient (Wildman–Crippen LogP) is 5.53. The Balaban J connectivity index is 1.73. The van der Waals surface area contributed by atoms with Crippen LogP contribution in [0.4, 0.5) is 9.52 Å². The van der Waals surface area contributed by atoms with Gasteiger partial charge in [0.25, 0.3) is 0 Å². The van der Waals surface area contributed by atoms with Gasteiger partial charge in [-0.2, -0.15) is 0 Å². The number of nitrogens with one attached hydrogen (secondary N) is 1. The van der Waals surface area contributed by atoms with E-state index >= 15 is 0 Å². The monoisotopic (exact) mass is 366 g/mol. The minimum Gasteiger partial charge on any atom is -0.298 e. The lowest BCUT2D eigenvalue weighted by Gasteiger charge is -2.03. The van der Waals surface area contributed by atoms with Gasteiger partial charge in [0.1, 0.15) is 5.82 Å². The molecule has 0 atom stereocenters. The molecule has 1 heterocycles. The van der Waals surface area contributed by atoms with Gasteiger partial charge in [0.15, 0.2) is 5.13 Å². The molecule has 1 amide bonds. The van der Waals surface area contributed by atoms with E-state index in [4.69, 9.17) is 0 Å². The van der Waals surface area contributed by atoms with Crippen LogP contribution in [-0.4, -0.2) is 10.9 Å². The van der Waals surface area contributed by atoms with Crippen molar-refractivity contribution in [3.63, 3.8) is 0 Å². The van der Waals surface area contributed by atoms with E-state index in [9.17, 15) is 9.18 Å². The van der Waals surface area contributed by atoms with Gasteiger partial charge < -0.3 is 0 Å². The number of hydrogen-bond donors (Lipinski definition) is 1. The molecule has 0 unspecified atom stereocenters. The average Bonchev–Trinajstić information content (AvgIpc) is 2.97. The zero-order valence-electron chi connectivity index (χ0n) is 14.8. The third-order valence-electron chi connectivity index (χ3n) is 4.10. The van der Waals surface area contributed by atoms with Crippen molar-refractivity contribution >= 4 is 28.5 Å². The van der Waals surface area contributed by atoms with E-state index in [1.165, 1.54) is 40.7 Å². The van der Waals surface area contributed by atoms with Crippen molar-refractivity contribution in [2.75, 3.05) is 5.32 Å². The zero-order valence-corrected chi connectivity index (χ0v) is 15.7. The van der Waals surface area contributed by atoms with E-state index in [0.717, 1.165) is 21.7 Å². The molecule has 0 fully saturated rings. The molecule has 0 spiro atoms. The Morgan fingerprint density at radius 2 is 1.81 bits per heavy atom. The first-order valence-electron chi connectivity index (χ1n) is 8.22. The molecule has 1 N–H and O–H groups in total. The lowest BCUT2D eigenvalue weighted by atomic mass is 10.0. The van der Waals surface area contributed by atoms with E-state index in [-0.39, 0.29) is 11.7 Å². The normalized spacial score (nSPS) is 11.1. The summed E-state index contributed by atoms with van der Waals surface area (Å²) < 4.78 is 12.9. The molecule has 0 bridgehead atoms. The van der Waals surface area contributed by atoms with Crippen LogP contribution < -0.4 is 5.32 Å². The minimum atomic E-state index is -0.302. The number of benzene rings is 2. The fourth-order valence-electron chi connectivity index (χ4n) is 2.50. The van der Waals surface area contributed by atoms with Crippen LogP contribution in [0.25, 0.3) is 17.3 Å². The summed E-state index contributed by atoms with van der Waals surface area (Å²) in [5.41, 5.74) is 5.14. The summed E-state index contributed by atoms with van der Waals surface area (Å²) >= 11 is 1.44. The molecule has 2 aromatic carbocycles. The third kappa shape index (κ3) is 4.24. The van der Waals surface area contributed by atoms with Crippen LogP contribution in [0.1, 0.15) is 21.6 Å². The second-order valence-corrected chi connectivity index (χ2v) is 7.30. The Morgan fingerprint density at radius 3 is 2.50 bits per heavy atom. The molecule has 1 aromatic heterocycles. The van der Waals surface area contributed by atoms with Crippen molar-refractivity contribution < 1.29 is 9.18 Å². The first-order chi connectivity index (χ1) is 12.4. The Morgan fingerprint density at radius 1 is 1.08 bits per heavy atom. The second-order valence-electron chi connectivity index (χ2n) is 6.10. The summed E-state index contributed by atoms with van der Waals surface area (Å²) in [6.45, 7) is 6.14. The largest absolute Gasteiger partial charge is 0.298 e. The molecule has 3 nitrogen and oxygen atoms in total. The lowest BCUT2D eigenvalue weighted by molar-refractivity contribution is -0.111. The van der Waals surface area contributed by atoms with Gasteiger partial charge in [-0.1, -0.05) is 24.3 Å². The molecule has 26 heavy (non-hydrogen) atoms. The van der Waals surface area contributed by atoms with Gasteiger partial charge in [-0.05, 0) is 61.7 Å². The summed E-state index contributed by atoms with van der Waals surface area (Å²) in [7, 11) is 0. The molecule has 0 aliphatic heterocycles. The van der Waals surface area contributed by atoms with Crippen LogP contribution in [0.5, 0.6) is 0 Å². The van der Waals surface area contributed by atoms with E-state index in [1.54, 1.807) is 18.2 Å². The summed E-state index contributed by atoms with van der Waals surface area (Å²) in [5, 5.41) is 3.35. The first-order valence-corrected chi connectivity index (χ1v) is 9.04. The number of nitrogens with zero attached hydrogens (tertiary/aromatic N) is 1. The molecular formula is C21H19FN2OS. The molecule has 5 heteroatoms. The van der Waals surface area contributed by atoms with Crippen molar-refractivity contribution in [3.8, 4) is 11.3 Å². The maximum absolute atomic E-state index is 12.9. The highest BCUT2D eigenvalue weighted by molar-refractivity contribution is 7.16. The predicted molar refractivity (Wildman–Crippen MR) is 106 cm³/mol. The second kappa shape index (κ2) is 7.62. The van der Waals surface area contributed by atoms with Crippen LogP contribution in [0.2, 0.25) is 0 Å². The number of hydrogen-bond acceptors (Lipinski definition) is 3. The van der Waals surface area contributed by atoms with Crippen LogP contribution in [0, 0.1) is 26.6 Å². The highest BCUT2D eigenvalue weighted by Crippen LogP contribution is 2.31.